The van der Waals surface area contributed by atoms with E-state index in [4.69, 9.17) is 5.73 Å². The van der Waals surface area contributed by atoms with E-state index in [1.807, 2.05) is 0 Å². The smallest absolute Gasteiger partial charge is 0.0345 e. The van der Waals surface area contributed by atoms with Crippen LogP contribution in [-0.4, -0.2) is 24.0 Å². The summed E-state index contributed by atoms with van der Waals surface area (Å²) in [5, 5.41) is 0. The van der Waals surface area contributed by atoms with Crippen molar-refractivity contribution >= 4 is 12.4 Å². The first-order chi connectivity index (χ1) is 8.22. The van der Waals surface area contributed by atoms with Gasteiger partial charge in [-0.1, -0.05) is 44.2 Å². The maximum atomic E-state index is 6.09. The van der Waals surface area contributed by atoms with Gasteiger partial charge in [0.2, 0.25) is 0 Å². The maximum absolute atomic E-state index is 6.09. The topological polar surface area (TPSA) is 29.3 Å². The van der Waals surface area contributed by atoms with Gasteiger partial charge in [0.1, 0.15) is 0 Å². The van der Waals surface area contributed by atoms with Gasteiger partial charge in [-0.05, 0) is 24.3 Å². The van der Waals surface area contributed by atoms with Crippen LogP contribution in [0.1, 0.15) is 38.3 Å². The van der Waals surface area contributed by atoms with Crippen LogP contribution in [0, 0.1) is 5.92 Å². The van der Waals surface area contributed by atoms with Crippen LogP contribution < -0.4 is 5.73 Å². The molecule has 2 N–H and O–H groups in total. The number of benzene rings is 1. The van der Waals surface area contributed by atoms with Crippen molar-refractivity contribution in [2.45, 2.75) is 38.8 Å². The molecule has 2 nitrogen and oxygen atoms in total. The zero-order chi connectivity index (χ0) is 12.3. The zero-order valence-electron chi connectivity index (χ0n) is 11.4. The number of hydrogen-bond donors (Lipinski definition) is 1. The molecular weight excluding hydrogens is 244 g/mol. The molecule has 1 aromatic rings. The highest BCUT2D eigenvalue weighted by Crippen LogP contribution is 2.28. The van der Waals surface area contributed by atoms with Crippen molar-refractivity contribution in [1.82, 2.24) is 4.90 Å². The third-order valence-electron chi connectivity index (χ3n) is 4.01. The maximum Gasteiger partial charge on any atom is 0.0345 e. The lowest BCUT2D eigenvalue weighted by Crippen LogP contribution is -2.47. The van der Waals surface area contributed by atoms with Crippen LogP contribution in [0.2, 0.25) is 0 Å². The number of halogens is 1. The molecule has 3 atom stereocenters. The lowest BCUT2D eigenvalue weighted by Gasteiger charge is -2.40. The van der Waals surface area contributed by atoms with Gasteiger partial charge in [0, 0.05) is 25.2 Å². The largest absolute Gasteiger partial charge is 0.327 e. The van der Waals surface area contributed by atoms with E-state index in [1.54, 1.807) is 0 Å². The van der Waals surface area contributed by atoms with Gasteiger partial charge in [0.15, 0.2) is 0 Å². The number of nitrogens with zero attached hydrogens (tertiary/aromatic N) is 1. The molecule has 0 aromatic heterocycles. The Kier molecular flexibility index (Phi) is 6.13. The van der Waals surface area contributed by atoms with Crippen molar-refractivity contribution in [3.63, 3.8) is 0 Å². The molecule has 0 aliphatic carbocycles. The molecule has 3 unspecified atom stereocenters. The van der Waals surface area contributed by atoms with Crippen LogP contribution in [0.15, 0.2) is 30.3 Å². The number of hydrogen-bond acceptors (Lipinski definition) is 2. The molecule has 18 heavy (non-hydrogen) atoms. The third kappa shape index (κ3) is 3.47. The Balaban J connectivity index is 0.00000162. The quantitative estimate of drug-likeness (QED) is 0.912. The van der Waals surface area contributed by atoms with Crippen LogP contribution in [0.25, 0.3) is 0 Å². The summed E-state index contributed by atoms with van der Waals surface area (Å²) in [5.74, 6) is 0.613. The Morgan fingerprint density at radius 3 is 2.56 bits per heavy atom. The monoisotopic (exact) mass is 268 g/mol. The van der Waals surface area contributed by atoms with Gasteiger partial charge in [-0.15, -0.1) is 12.4 Å². The molecule has 0 bridgehead atoms. The Labute approximate surface area is 117 Å². The van der Waals surface area contributed by atoms with Crippen molar-refractivity contribution in [1.29, 1.82) is 0 Å². The molecule has 1 saturated heterocycles. The first-order valence-electron chi connectivity index (χ1n) is 6.77. The van der Waals surface area contributed by atoms with Gasteiger partial charge in [-0.25, -0.2) is 0 Å². The average molecular weight is 269 g/mol. The van der Waals surface area contributed by atoms with Crippen LogP contribution in [0.5, 0.6) is 0 Å². The van der Waals surface area contributed by atoms with Crippen LogP contribution in [-0.2, 0) is 0 Å². The second-order valence-electron chi connectivity index (χ2n) is 5.26. The van der Waals surface area contributed by atoms with Gasteiger partial charge in [-0.3, -0.25) is 4.90 Å². The van der Waals surface area contributed by atoms with Crippen molar-refractivity contribution in [2.75, 3.05) is 13.1 Å². The van der Waals surface area contributed by atoms with E-state index >= 15 is 0 Å². The van der Waals surface area contributed by atoms with Gasteiger partial charge in [0.25, 0.3) is 0 Å². The molecule has 0 spiro atoms. The first kappa shape index (κ1) is 15.5. The second kappa shape index (κ2) is 7.13. The molecule has 2 rings (SSSR count). The molecule has 3 heteroatoms. The minimum atomic E-state index is 0. The lowest BCUT2D eigenvalue weighted by atomic mass is 9.91. The van der Waals surface area contributed by atoms with Crippen molar-refractivity contribution in [2.24, 2.45) is 11.7 Å². The normalized spacial score (nSPS) is 26.4. The lowest BCUT2D eigenvalue weighted by molar-refractivity contribution is 0.113. The van der Waals surface area contributed by atoms with E-state index in [-0.39, 0.29) is 12.4 Å². The van der Waals surface area contributed by atoms with E-state index < -0.39 is 0 Å². The summed E-state index contributed by atoms with van der Waals surface area (Å²) in [6.45, 7) is 6.82. The molecule has 0 amide bonds. The predicted octanol–water partition coefficient (Wildman–Crippen LogP) is 3.23. The summed E-state index contributed by atoms with van der Waals surface area (Å²) < 4.78 is 0. The van der Waals surface area contributed by atoms with Crippen molar-refractivity contribution in [3.8, 4) is 0 Å². The number of nitrogens with two attached hydrogens (primary N) is 1. The number of rotatable bonds is 3. The SMILES string of the molecule is CCC(c1ccccc1)N1CCC(N)C(C)C1.Cl. The van der Waals surface area contributed by atoms with Crippen LogP contribution >= 0.6 is 12.4 Å². The second-order valence-corrected chi connectivity index (χ2v) is 5.26. The van der Waals surface area contributed by atoms with Gasteiger partial charge < -0.3 is 5.73 Å². The summed E-state index contributed by atoms with van der Waals surface area (Å²) in [5.41, 5.74) is 7.54. The molecule has 1 heterocycles. The predicted molar refractivity (Wildman–Crippen MR) is 80.1 cm³/mol. The van der Waals surface area contributed by atoms with E-state index in [1.165, 1.54) is 12.0 Å². The number of likely N-dealkylation sites (tertiary alicyclic amines) is 1. The highest BCUT2D eigenvalue weighted by Gasteiger charge is 2.27. The van der Waals surface area contributed by atoms with E-state index in [2.05, 4.69) is 49.1 Å². The molecule has 1 aromatic carbocycles. The standard InChI is InChI=1S/C15H24N2.ClH/c1-3-15(13-7-5-4-6-8-13)17-10-9-14(16)12(2)11-17;/h4-8,12,14-15H,3,9-11,16H2,1-2H3;1H. The fourth-order valence-electron chi connectivity index (χ4n) is 2.86. The Morgan fingerprint density at radius 1 is 1.33 bits per heavy atom. The molecule has 102 valence electrons. The molecule has 0 radical (unpaired) electrons. The summed E-state index contributed by atoms with van der Waals surface area (Å²) in [7, 11) is 0. The van der Waals surface area contributed by atoms with E-state index in [0.717, 1.165) is 19.5 Å². The van der Waals surface area contributed by atoms with E-state index in [0.29, 0.717) is 18.0 Å². The third-order valence-corrected chi connectivity index (χ3v) is 4.01. The molecule has 0 saturated carbocycles. The molecular formula is C15H25ClN2. The van der Waals surface area contributed by atoms with Crippen molar-refractivity contribution in [3.05, 3.63) is 35.9 Å². The fraction of sp³-hybridized carbons (Fsp3) is 0.600. The zero-order valence-corrected chi connectivity index (χ0v) is 12.2. The summed E-state index contributed by atoms with van der Waals surface area (Å²) in [6.07, 6.45) is 2.30. The Morgan fingerprint density at radius 2 is 2.00 bits per heavy atom. The van der Waals surface area contributed by atoms with Gasteiger partial charge in [-0.2, -0.15) is 0 Å². The summed E-state index contributed by atoms with van der Waals surface area (Å²) in [6, 6.07) is 11.8. The van der Waals surface area contributed by atoms with E-state index in [9.17, 15) is 0 Å². The van der Waals surface area contributed by atoms with Crippen LogP contribution in [0.3, 0.4) is 0 Å². The summed E-state index contributed by atoms with van der Waals surface area (Å²) >= 11 is 0. The molecule has 1 aliphatic rings. The minimum Gasteiger partial charge on any atom is -0.327 e. The summed E-state index contributed by atoms with van der Waals surface area (Å²) in [4.78, 5) is 2.60. The number of piperidine rings is 1. The van der Waals surface area contributed by atoms with Crippen molar-refractivity contribution < 1.29 is 0 Å². The fourth-order valence-corrected chi connectivity index (χ4v) is 2.86. The first-order valence-corrected chi connectivity index (χ1v) is 6.77. The van der Waals surface area contributed by atoms with Gasteiger partial charge >= 0.3 is 0 Å². The Hall–Kier alpha value is -0.570. The minimum absolute atomic E-state index is 0. The Bertz CT molecular complexity index is 342. The average Bonchev–Trinajstić information content (AvgIpc) is 2.36. The van der Waals surface area contributed by atoms with Crippen LogP contribution in [0.4, 0.5) is 0 Å². The van der Waals surface area contributed by atoms with Gasteiger partial charge in [0.05, 0.1) is 0 Å². The highest BCUT2D eigenvalue weighted by molar-refractivity contribution is 5.85. The highest BCUT2D eigenvalue weighted by atomic mass is 35.5. The molecule has 1 fully saturated rings. The molecule has 1 aliphatic heterocycles.